The van der Waals surface area contributed by atoms with Gasteiger partial charge in [-0.3, -0.25) is 0 Å². The average Bonchev–Trinajstić information content (AvgIpc) is 2.06. The second-order valence-corrected chi connectivity index (χ2v) is 4.28. The van der Waals surface area contributed by atoms with E-state index in [1.807, 2.05) is 0 Å². The van der Waals surface area contributed by atoms with Gasteiger partial charge in [-0.25, -0.2) is 0 Å². The molecule has 2 N–H and O–H groups in total. The van der Waals surface area contributed by atoms with Gasteiger partial charge in [-0.1, -0.05) is 26.2 Å². The molecule has 0 aromatic rings. The maximum atomic E-state index is 6.07. The number of hydrogen-bond acceptors (Lipinski definition) is 2. The Bertz CT molecular complexity index is 130. The Morgan fingerprint density at radius 2 is 1.92 bits per heavy atom. The second kappa shape index (κ2) is 4.24. The molecule has 12 heavy (non-hydrogen) atoms. The first-order chi connectivity index (χ1) is 5.69. The third-order valence-electron chi connectivity index (χ3n) is 3.24. The number of ether oxygens (including phenoxy) is 1. The molecule has 0 aromatic carbocycles. The fourth-order valence-electron chi connectivity index (χ4n) is 2.11. The summed E-state index contributed by atoms with van der Waals surface area (Å²) in [5.74, 6) is 0. The molecule has 1 atom stereocenters. The van der Waals surface area contributed by atoms with Gasteiger partial charge in [0.1, 0.15) is 0 Å². The molecule has 0 saturated heterocycles. The third kappa shape index (κ3) is 2.20. The van der Waals surface area contributed by atoms with Gasteiger partial charge in [0.25, 0.3) is 0 Å². The molecule has 0 amide bonds. The van der Waals surface area contributed by atoms with Crippen molar-refractivity contribution in [1.82, 2.24) is 0 Å². The first-order valence-electron chi connectivity index (χ1n) is 4.93. The van der Waals surface area contributed by atoms with E-state index in [-0.39, 0.29) is 6.04 Å². The van der Waals surface area contributed by atoms with E-state index in [1.54, 1.807) is 7.11 Å². The predicted octanol–water partition coefficient (Wildman–Crippen LogP) is 1.93. The molecule has 2 nitrogen and oxygen atoms in total. The Hall–Kier alpha value is -0.0800. The largest absolute Gasteiger partial charge is 0.383 e. The van der Waals surface area contributed by atoms with Gasteiger partial charge >= 0.3 is 0 Å². The molecule has 0 aromatic heterocycles. The van der Waals surface area contributed by atoms with Crippen LogP contribution in [0, 0.1) is 5.41 Å². The zero-order valence-electron chi connectivity index (χ0n) is 8.31. The summed E-state index contributed by atoms with van der Waals surface area (Å²) in [6.07, 6.45) is 6.62. The van der Waals surface area contributed by atoms with Crippen LogP contribution in [0.1, 0.15) is 39.0 Å². The minimum Gasteiger partial charge on any atom is -0.383 e. The minimum absolute atomic E-state index is 0.225. The fourth-order valence-corrected chi connectivity index (χ4v) is 2.11. The molecule has 1 aliphatic carbocycles. The molecule has 0 heterocycles. The molecule has 0 radical (unpaired) electrons. The van der Waals surface area contributed by atoms with E-state index < -0.39 is 0 Å². The molecule has 0 unspecified atom stereocenters. The van der Waals surface area contributed by atoms with Crippen molar-refractivity contribution >= 4 is 0 Å². The summed E-state index contributed by atoms with van der Waals surface area (Å²) in [4.78, 5) is 0. The predicted molar refractivity (Wildman–Crippen MR) is 51.0 cm³/mol. The zero-order chi connectivity index (χ0) is 9.03. The number of nitrogens with two attached hydrogens (primary N) is 1. The van der Waals surface area contributed by atoms with Gasteiger partial charge in [0.05, 0.1) is 6.61 Å². The van der Waals surface area contributed by atoms with Crippen LogP contribution in [-0.2, 0) is 4.74 Å². The van der Waals surface area contributed by atoms with E-state index in [2.05, 4.69) is 6.92 Å². The van der Waals surface area contributed by atoms with Crippen molar-refractivity contribution in [3.63, 3.8) is 0 Å². The van der Waals surface area contributed by atoms with Crippen LogP contribution in [0.4, 0.5) is 0 Å². The van der Waals surface area contributed by atoms with E-state index in [0.29, 0.717) is 12.0 Å². The number of hydrogen-bond donors (Lipinski definition) is 1. The molecule has 1 rings (SSSR count). The van der Waals surface area contributed by atoms with Crippen LogP contribution in [0.15, 0.2) is 0 Å². The van der Waals surface area contributed by atoms with E-state index in [4.69, 9.17) is 10.5 Å². The highest BCUT2D eigenvalue weighted by Gasteiger charge is 2.32. The lowest BCUT2D eigenvalue weighted by Gasteiger charge is -2.38. The Kier molecular flexibility index (Phi) is 3.53. The quantitative estimate of drug-likeness (QED) is 0.704. The van der Waals surface area contributed by atoms with Crippen molar-refractivity contribution in [1.29, 1.82) is 0 Å². The lowest BCUT2D eigenvalue weighted by atomic mass is 9.71. The average molecular weight is 171 g/mol. The van der Waals surface area contributed by atoms with Gasteiger partial charge in [0.15, 0.2) is 0 Å². The molecule has 1 aliphatic rings. The van der Waals surface area contributed by atoms with Crippen LogP contribution in [-0.4, -0.2) is 19.8 Å². The third-order valence-corrected chi connectivity index (χ3v) is 3.24. The van der Waals surface area contributed by atoms with Crippen LogP contribution < -0.4 is 5.73 Å². The summed E-state index contributed by atoms with van der Waals surface area (Å²) in [5.41, 5.74) is 6.41. The van der Waals surface area contributed by atoms with Crippen molar-refractivity contribution in [2.24, 2.45) is 11.1 Å². The van der Waals surface area contributed by atoms with Crippen molar-refractivity contribution in [2.45, 2.75) is 45.1 Å². The van der Waals surface area contributed by atoms with Gasteiger partial charge in [-0.2, -0.15) is 0 Å². The van der Waals surface area contributed by atoms with Crippen molar-refractivity contribution in [3.05, 3.63) is 0 Å². The molecule has 1 saturated carbocycles. The first-order valence-corrected chi connectivity index (χ1v) is 4.93. The summed E-state index contributed by atoms with van der Waals surface area (Å²) in [7, 11) is 1.73. The highest BCUT2D eigenvalue weighted by molar-refractivity contribution is 4.87. The van der Waals surface area contributed by atoms with Gasteiger partial charge in [-0.15, -0.1) is 0 Å². The number of rotatable bonds is 3. The Balaban J connectivity index is 2.44. The van der Waals surface area contributed by atoms with Gasteiger partial charge < -0.3 is 10.5 Å². The molecule has 0 spiro atoms. The van der Waals surface area contributed by atoms with Crippen molar-refractivity contribution < 1.29 is 4.74 Å². The summed E-state index contributed by atoms with van der Waals surface area (Å²) in [5, 5.41) is 0. The maximum Gasteiger partial charge on any atom is 0.0619 e. The lowest BCUT2D eigenvalue weighted by molar-refractivity contribution is 0.0894. The molecule has 0 bridgehead atoms. The second-order valence-electron chi connectivity index (χ2n) is 4.28. The highest BCUT2D eigenvalue weighted by Crippen LogP contribution is 2.37. The van der Waals surface area contributed by atoms with E-state index in [9.17, 15) is 0 Å². The highest BCUT2D eigenvalue weighted by atomic mass is 16.5. The Morgan fingerprint density at radius 1 is 1.33 bits per heavy atom. The monoisotopic (exact) mass is 171 g/mol. The van der Waals surface area contributed by atoms with Gasteiger partial charge in [0.2, 0.25) is 0 Å². The summed E-state index contributed by atoms with van der Waals surface area (Å²) in [6.45, 7) is 3.01. The lowest BCUT2D eigenvalue weighted by Crippen LogP contribution is -2.44. The molecular formula is C10H21NO. The SMILES string of the molecule is COC[C@@H](N)C1(C)CCCCC1. The zero-order valence-corrected chi connectivity index (χ0v) is 8.31. The van der Waals surface area contributed by atoms with E-state index in [1.165, 1.54) is 32.1 Å². The first kappa shape index (κ1) is 10.0. The molecule has 2 heteroatoms. The topological polar surface area (TPSA) is 35.2 Å². The van der Waals surface area contributed by atoms with Crippen LogP contribution in [0.2, 0.25) is 0 Å². The van der Waals surface area contributed by atoms with Gasteiger partial charge in [-0.05, 0) is 18.3 Å². The standard InChI is InChI=1S/C10H21NO/c1-10(9(11)8-12-2)6-4-3-5-7-10/h9H,3-8,11H2,1-2H3/t9-/m1/s1. The molecular weight excluding hydrogens is 150 g/mol. The van der Waals surface area contributed by atoms with Crippen molar-refractivity contribution in [2.75, 3.05) is 13.7 Å². The number of methoxy groups -OCH3 is 1. The van der Waals surface area contributed by atoms with Crippen molar-refractivity contribution in [3.8, 4) is 0 Å². The van der Waals surface area contributed by atoms with E-state index in [0.717, 1.165) is 0 Å². The normalized spacial score (nSPS) is 25.2. The van der Waals surface area contributed by atoms with Crippen LogP contribution in [0.3, 0.4) is 0 Å². The minimum atomic E-state index is 0.225. The van der Waals surface area contributed by atoms with E-state index >= 15 is 0 Å². The summed E-state index contributed by atoms with van der Waals surface area (Å²) < 4.78 is 5.10. The van der Waals surface area contributed by atoms with Crippen LogP contribution in [0.5, 0.6) is 0 Å². The Labute approximate surface area is 75.5 Å². The molecule has 1 fully saturated rings. The summed E-state index contributed by atoms with van der Waals surface area (Å²) >= 11 is 0. The van der Waals surface area contributed by atoms with Gasteiger partial charge in [0, 0.05) is 13.2 Å². The van der Waals surface area contributed by atoms with Crippen LogP contribution >= 0.6 is 0 Å². The molecule has 72 valence electrons. The smallest absolute Gasteiger partial charge is 0.0619 e. The molecule has 0 aliphatic heterocycles. The Morgan fingerprint density at radius 3 is 2.42 bits per heavy atom. The maximum absolute atomic E-state index is 6.07. The van der Waals surface area contributed by atoms with Crippen LogP contribution in [0.25, 0.3) is 0 Å². The summed E-state index contributed by atoms with van der Waals surface area (Å²) in [6, 6.07) is 0.225. The fraction of sp³-hybridized carbons (Fsp3) is 1.00.